The standard InChI is InChI=1S/C20H25NO3/c1-19(2)12-21(13-20(19,3)24)18(23)11-16-15(9-10-17(16)22)14-7-5-4-6-8-14/h4-8,24H,9-13H2,1-3H3/t20-/m0/s1. The summed E-state index contributed by atoms with van der Waals surface area (Å²) in [6.45, 7) is 6.54. The molecule has 0 bridgehead atoms. The number of benzene rings is 1. The van der Waals surface area contributed by atoms with Crippen molar-refractivity contribution in [1.82, 2.24) is 4.90 Å². The predicted molar refractivity (Wildman–Crippen MR) is 93.2 cm³/mol. The van der Waals surface area contributed by atoms with E-state index in [1.165, 1.54) is 0 Å². The van der Waals surface area contributed by atoms with Gasteiger partial charge >= 0.3 is 0 Å². The molecule has 4 nitrogen and oxygen atoms in total. The van der Waals surface area contributed by atoms with E-state index in [9.17, 15) is 14.7 Å². The van der Waals surface area contributed by atoms with Crippen LogP contribution in [0.5, 0.6) is 0 Å². The molecule has 1 aromatic carbocycles. The summed E-state index contributed by atoms with van der Waals surface area (Å²) in [6, 6.07) is 9.82. The molecule has 1 aliphatic heterocycles. The molecule has 0 radical (unpaired) electrons. The van der Waals surface area contributed by atoms with E-state index >= 15 is 0 Å². The maximum absolute atomic E-state index is 12.7. The smallest absolute Gasteiger partial charge is 0.227 e. The van der Waals surface area contributed by atoms with Crippen molar-refractivity contribution in [3.8, 4) is 0 Å². The number of likely N-dealkylation sites (tertiary alicyclic amines) is 1. The van der Waals surface area contributed by atoms with Gasteiger partial charge in [0.25, 0.3) is 0 Å². The fraction of sp³-hybridized carbons (Fsp3) is 0.500. The van der Waals surface area contributed by atoms with Crippen LogP contribution in [0.1, 0.15) is 45.6 Å². The van der Waals surface area contributed by atoms with E-state index < -0.39 is 5.60 Å². The lowest BCUT2D eigenvalue weighted by atomic mass is 9.79. The van der Waals surface area contributed by atoms with Crippen LogP contribution < -0.4 is 0 Å². The predicted octanol–water partition coefficient (Wildman–Crippen LogP) is 2.81. The SMILES string of the molecule is CC1(C)CN(C(=O)CC2=C(c3ccccc3)CCC2=O)C[C@]1(C)O. The van der Waals surface area contributed by atoms with Crippen LogP contribution in [0.4, 0.5) is 0 Å². The van der Waals surface area contributed by atoms with Crippen molar-refractivity contribution in [2.45, 2.75) is 45.6 Å². The third kappa shape index (κ3) is 2.91. The van der Waals surface area contributed by atoms with Crippen LogP contribution in [0.15, 0.2) is 35.9 Å². The molecule has 0 spiro atoms. The van der Waals surface area contributed by atoms with E-state index in [1.807, 2.05) is 44.2 Å². The third-order valence-corrected chi connectivity index (χ3v) is 5.65. The molecule has 0 aromatic heterocycles. The summed E-state index contributed by atoms with van der Waals surface area (Å²) in [7, 11) is 0. The van der Waals surface area contributed by atoms with E-state index in [4.69, 9.17) is 0 Å². The van der Waals surface area contributed by atoms with E-state index in [0.717, 1.165) is 11.1 Å². The summed E-state index contributed by atoms with van der Waals surface area (Å²) in [6.07, 6.45) is 1.32. The summed E-state index contributed by atoms with van der Waals surface area (Å²) < 4.78 is 0. The summed E-state index contributed by atoms with van der Waals surface area (Å²) in [5, 5.41) is 10.5. The molecule has 2 aliphatic rings. The largest absolute Gasteiger partial charge is 0.388 e. The second-order valence-electron chi connectivity index (χ2n) is 7.83. The van der Waals surface area contributed by atoms with E-state index in [1.54, 1.807) is 11.8 Å². The van der Waals surface area contributed by atoms with Crippen molar-refractivity contribution < 1.29 is 14.7 Å². The van der Waals surface area contributed by atoms with E-state index in [0.29, 0.717) is 31.5 Å². The van der Waals surface area contributed by atoms with Crippen LogP contribution in [-0.4, -0.2) is 40.4 Å². The van der Waals surface area contributed by atoms with Gasteiger partial charge < -0.3 is 10.0 Å². The molecule has 0 unspecified atom stereocenters. The summed E-state index contributed by atoms with van der Waals surface area (Å²) in [5.74, 6) is 0.00644. The molecular formula is C20H25NO3. The molecule has 1 fully saturated rings. The molecule has 1 amide bonds. The van der Waals surface area contributed by atoms with Crippen LogP contribution in [-0.2, 0) is 9.59 Å². The molecule has 24 heavy (non-hydrogen) atoms. The first kappa shape index (κ1) is 16.9. The highest BCUT2D eigenvalue weighted by Gasteiger charge is 2.49. The number of aliphatic hydroxyl groups is 1. The average Bonchev–Trinajstić information content (AvgIpc) is 2.98. The number of Topliss-reactive ketones (excluding diaryl/α,β-unsaturated/α-hetero) is 1. The fourth-order valence-electron chi connectivity index (χ4n) is 3.60. The lowest BCUT2D eigenvalue weighted by Gasteiger charge is -2.30. The molecule has 1 N–H and O–H groups in total. The molecule has 4 heteroatoms. The Hall–Kier alpha value is -1.94. The summed E-state index contributed by atoms with van der Waals surface area (Å²) in [5.41, 5.74) is 1.42. The summed E-state index contributed by atoms with van der Waals surface area (Å²) in [4.78, 5) is 26.7. The maximum atomic E-state index is 12.7. The second-order valence-corrected chi connectivity index (χ2v) is 7.83. The van der Waals surface area contributed by atoms with Gasteiger partial charge in [0.05, 0.1) is 12.0 Å². The molecule has 1 saturated heterocycles. The van der Waals surface area contributed by atoms with Gasteiger partial charge in [0.15, 0.2) is 5.78 Å². The molecule has 3 rings (SSSR count). The zero-order valence-corrected chi connectivity index (χ0v) is 14.6. The molecule has 0 saturated carbocycles. The lowest BCUT2D eigenvalue weighted by Crippen LogP contribution is -2.40. The maximum Gasteiger partial charge on any atom is 0.227 e. The molecular weight excluding hydrogens is 302 g/mol. The zero-order chi connectivity index (χ0) is 17.5. The van der Waals surface area contributed by atoms with Gasteiger partial charge in [-0.25, -0.2) is 0 Å². The van der Waals surface area contributed by atoms with Crippen molar-refractivity contribution in [2.24, 2.45) is 5.41 Å². The van der Waals surface area contributed by atoms with Crippen LogP contribution in [0, 0.1) is 5.41 Å². The number of ketones is 1. The first-order chi connectivity index (χ1) is 11.2. The summed E-state index contributed by atoms with van der Waals surface area (Å²) >= 11 is 0. The van der Waals surface area contributed by atoms with Crippen LogP contribution >= 0.6 is 0 Å². The molecule has 1 heterocycles. The number of β-amino-alcohol motifs (C(OH)–C–C–N with tert-alkyl or cyclic N) is 1. The molecule has 1 aliphatic carbocycles. The highest BCUT2D eigenvalue weighted by molar-refractivity contribution is 6.10. The number of allylic oxidation sites excluding steroid dienone is 1. The highest BCUT2D eigenvalue weighted by atomic mass is 16.3. The van der Waals surface area contributed by atoms with Gasteiger partial charge in [0.2, 0.25) is 5.91 Å². The first-order valence-corrected chi connectivity index (χ1v) is 8.52. The number of rotatable bonds is 3. The number of amides is 1. The van der Waals surface area contributed by atoms with Crippen LogP contribution in [0.2, 0.25) is 0 Å². The van der Waals surface area contributed by atoms with E-state index in [2.05, 4.69) is 0 Å². The Morgan fingerprint density at radius 2 is 1.79 bits per heavy atom. The minimum Gasteiger partial charge on any atom is -0.388 e. The normalized spacial score (nSPS) is 26.3. The lowest BCUT2D eigenvalue weighted by molar-refractivity contribution is -0.131. The quantitative estimate of drug-likeness (QED) is 0.929. The third-order valence-electron chi connectivity index (χ3n) is 5.65. The van der Waals surface area contributed by atoms with Crippen molar-refractivity contribution in [1.29, 1.82) is 0 Å². The van der Waals surface area contributed by atoms with Gasteiger partial charge in [-0.05, 0) is 24.5 Å². The topological polar surface area (TPSA) is 57.6 Å². The Bertz CT molecular complexity index is 685. The van der Waals surface area contributed by atoms with Crippen molar-refractivity contribution in [2.75, 3.05) is 13.1 Å². The van der Waals surface area contributed by atoms with Crippen molar-refractivity contribution >= 4 is 17.3 Å². The minimum atomic E-state index is -0.904. The minimum absolute atomic E-state index is 0.0699. The van der Waals surface area contributed by atoms with Gasteiger partial charge in [-0.1, -0.05) is 44.2 Å². The molecule has 1 aromatic rings. The van der Waals surface area contributed by atoms with Gasteiger partial charge in [-0.3, -0.25) is 9.59 Å². The van der Waals surface area contributed by atoms with Crippen molar-refractivity contribution in [3.05, 3.63) is 41.5 Å². The van der Waals surface area contributed by atoms with Gasteiger partial charge in [0.1, 0.15) is 0 Å². The van der Waals surface area contributed by atoms with Gasteiger partial charge in [-0.15, -0.1) is 0 Å². The zero-order valence-electron chi connectivity index (χ0n) is 14.6. The number of carbonyl (C=O) groups is 2. The Balaban J connectivity index is 1.82. The van der Waals surface area contributed by atoms with Crippen LogP contribution in [0.3, 0.4) is 0 Å². The molecule has 128 valence electrons. The fourth-order valence-corrected chi connectivity index (χ4v) is 3.60. The Kier molecular flexibility index (Phi) is 4.12. The number of hydrogen-bond acceptors (Lipinski definition) is 3. The number of nitrogens with zero attached hydrogens (tertiary/aromatic N) is 1. The van der Waals surface area contributed by atoms with E-state index in [-0.39, 0.29) is 23.5 Å². The Labute approximate surface area is 143 Å². The Morgan fingerprint density at radius 3 is 2.38 bits per heavy atom. The molecule has 1 atom stereocenters. The van der Waals surface area contributed by atoms with Crippen LogP contribution in [0.25, 0.3) is 5.57 Å². The van der Waals surface area contributed by atoms with Gasteiger partial charge in [0, 0.05) is 30.5 Å². The first-order valence-electron chi connectivity index (χ1n) is 8.52. The number of carbonyl (C=O) groups excluding carboxylic acids is 2. The highest BCUT2D eigenvalue weighted by Crippen LogP contribution is 2.40. The van der Waals surface area contributed by atoms with Crippen molar-refractivity contribution in [3.63, 3.8) is 0 Å². The Morgan fingerprint density at radius 1 is 1.12 bits per heavy atom. The average molecular weight is 327 g/mol. The second kappa shape index (κ2) is 5.85. The van der Waals surface area contributed by atoms with Gasteiger partial charge in [-0.2, -0.15) is 0 Å². The number of hydrogen-bond donors (Lipinski definition) is 1. The monoisotopic (exact) mass is 327 g/mol.